The van der Waals surface area contributed by atoms with E-state index in [-0.39, 0.29) is 5.92 Å². The van der Waals surface area contributed by atoms with Crippen LogP contribution in [-0.4, -0.2) is 17.9 Å². The number of halogens is 5. The van der Waals surface area contributed by atoms with Gasteiger partial charge < -0.3 is 0 Å². The highest BCUT2D eigenvalue weighted by Crippen LogP contribution is 2.37. The van der Waals surface area contributed by atoms with Crippen LogP contribution in [0.3, 0.4) is 0 Å². The van der Waals surface area contributed by atoms with Crippen LogP contribution in [0, 0.1) is 11.8 Å². The van der Waals surface area contributed by atoms with Crippen molar-refractivity contribution in [1.29, 1.82) is 0 Å². The van der Waals surface area contributed by atoms with Crippen molar-refractivity contribution in [1.82, 2.24) is 0 Å². The Balaban J connectivity index is 4.59. The fourth-order valence-corrected chi connectivity index (χ4v) is 0.814. The highest BCUT2D eigenvalue weighted by Gasteiger charge is 2.62. The van der Waals surface area contributed by atoms with Crippen LogP contribution in [0.25, 0.3) is 0 Å². The SMILES string of the molecule is CC(C)C(C)CC(=O)C(F)(F)C(F)(F)F. The minimum atomic E-state index is -5.79. The van der Waals surface area contributed by atoms with Gasteiger partial charge in [0, 0.05) is 6.42 Å². The third kappa shape index (κ3) is 3.43. The molecule has 0 spiro atoms. The lowest BCUT2D eigenvalue weighted by Gasteiger charge is -2.21. The predicted octanol–water partition coefficient (Wildman–Crippen LogP) is 3.44. The Morgan fingerprint density at radius 3 is 1.73 bits per heavy atom. The molecule has 6 heteroatoms. The minimum absolute atomic E-state index is 0.113. The minimum Gasteiger partial charge on any atom is -0.293 e. The standard InChI is InChI=1S/C9H13F5O/c1-5(2)6(3)4-7(15)8(10,11)9(12,13)14/h5-6H,4H2,1-3H3. The number of carbonyl (C=O) groups excluding carboxylic acids is 1. The maximum absolute atomic E-state index is 12.5. The summed E-state index contributed by atoms with van der Waals surface area (Å²) in [5.74, 6) is -7.89. The molecule has 0 aliphatic carbocycles. The third-order valence-corrected chi connectivity index (χ3v) is 2.35. The van der Waals surface area contributed by atoms with Gasteiger partial charge in [0.2, 0.25) is 5.78 Å². The van der Waals surface area contributed by atoms with Gasteiger partial charge in [-0.3, -0.25) is 4.79 Å². The average molecular weight is 232 g/mol. The van der Waals surface area contributed by atoms with Gasteiger partial charge in [-0.1, -0.05) is 20.8 Å². The molecule has 15 heavy (non-hydrogen) atoms. The fraction of sp³-hybridized carbons (Fsp3) is 0.889. The van der Waals surface area contributed by atoms with Gasteiger partial charge in [-0.15, -0.1) is 0 Å². The first-order valence-electron chi connectivity index (χ1n) is 4.48. The second-order valence-corrected chi connectivity index (χ2v) is 3.92. The monoisotopic (exact) mass is 232 g/mol. The zero-order valence-corrected chi connectivity index (χ0v) is 8.66. The van der Waals surface area contributed by atoms with Gasteiger partial charge >= 0.3 is 12.1 Å². The van der Waals surface area contributed by atoms with Gasteiger partial charge in [0.1, 0.15) is 0 Å². The molecular weight excluding hydrogens is 219 g/mol. The molecule has 0 aromatic heterocycles. The molecular formula is C9H13F5O. The fourth-order valence-electron chi connectivity index (χ4n) is 0.814. The Bertz CT molecular complexity index is 231. The Morgan fingerprint density at radius 2 is 1.47 bits per heavy atom. The van der Waals surface area contributed by atoms with E-state index in [2.05, 4.69) is 0 Å². The molecule has 1 unspecified atom stereocenters. The van der Waals surface area contributed by atoms with Crippen molar-refractivity contribution < 1.29 is 26.7 Å². The molecule has 90 valence electrons. The first kappa shape index (κ1) is 14.3. The van der Waals surface area contributed by atoms with E-state index in [0.717, 1.165) is 0 Å². The first-order valence-corrected chi connectivity index (χ1v) is 4.48. The quantitative estimate of drug-likeness (QED) is 0.678. The van der Waals surface area contributed by atoms with Crippen LogP contribution in [-0.2, 0) is 4.79 Å². The second kappa shape index (κ2) is 4.45. The summed E-state index contributed by atoms with van der Waals surface area (Å²) in [6, 6.07) is 0. The molecule has 1 nitrogen and oxygen atoms in total. The van der Waals surface area contributed by atoms with Crippen LogP contribution in [0.1, 0.15) is 27.2 Å². The van der Waals surface area contributed by atoms with Gasteiger partial charge in [-0.2, -0.15) is 22.0 Å². The normalized spacial score (nSPS) is 15.5. The first-order chi connectivity index (χ1) is 6.50. The molecule has 0 aliphatic rings. The van der Waals surface area contributed by atoms with Crippen molar-refractivity contribution in [2.24, 2.45) is 11.8 Å². The largest absolute Gasteiger partial charge is 0.461 e. The van der Waals surface area contributed by atoms with Gasteiger partial charge in [0.05, 0.1) is 0 Å². The molecule has 0 aromatic carbocycles. The van der Waals surface area contributed by atoms with E-state index in [0.29, 0.717) is 0 Å². The average Bonchev–Trinajstić information content (AvgIpc) is 2.01. The van der Waals surface area contributed by atoms with Crippen LogP contribution >= 0.6 is 0 Å². The Kier molecular flexibility index (Phi) is 4.25. The van der Waals surface area contributed by atoms with E-state index >= 15 is 0 Å². The van der Waals surface area contributed by atoms with Crippen molar-refractivity contribution in [3.63, 3.8) is 0 Å². The molecule has 0 fully saturated rings. The summed E-state index contributed by atoms with van der Waals surface area (Å²) in [6.07, 6.45) is -6.55. The Hall–Kier alpha value is -0.680. The lowest BCUT2D eigenvalue weighted by molar-refractivity contribution is -0.269. The van der Waals surface area contributed by atoms with Crippen LogP contribution in [0.4, 0.5) is 22.0 Å². The van der Waals surface area contributed by atoms with Crippen LogP contribution < -0.4 is 0 Å². The smallest absolute Gasteiger partial charge is 0.293 e. The summed E-state index contributed by atoms with van der Waals surface area (Å²) >= 11 is 0. The van der Waals surface area contributed by atoms with Crippen molar-refractivity contribution in [3.05, 3.63) is 0 Å². The van der Waals surface area contributed by atoms with E-state index < -0.39 is 30.2 Å². The molecule has 0 amide bonds. The number of hydrogen-bond donors (Lipinski definition) is 0. The molecule has 0 rings (SSSR count). The number of rotatable bonds is 4. The van der Waals surface area contributed by atoms with E-state index in [9.17, 15) is 26.7 Å². The zero-order chi connectivity index (χ0) is 12.4. The Labute approximate surface area is 84.6 Å². The van der Waals surface area contributed by atoms with E-state index in [4.69, 9.17) is 0 Å². The molecule has 0 heterocycles. The lowest BCUT2D eigenvalue weighted by Crippen LogP contribution is -2.44. The summed E-state index contributed by atoms with van der Waals surface area (Å²) in [7, 11) is 0. The molecule has 0 saturated heterocycles. The molecule has 1 atom stereocenters. The Morgan fingerprint density at radius 1 is 1.07 bits per heavy atom. The van der Waals surface area contributed by atoms with Gasteiger partial charge in [0.15, 0.2) is 0 Å². The summed E-state index contributed by atoms with van der Waals surface area (Å²) in [4.78, 5) is 10.8. The van der Waals surface area contributed by atoms with Crippen LogP contribution in [0.2, 0.25) is 0 Å². The number of Topliss-reactive ketones (excluding diaryl/α,β-unsaturated/α-hetero) is 1. The van der Waals surface area contributed by atoms with Gasteiger partial charge in [-0.25, -0.2) is 0 Å². The topological polar surface area (TPSA) is 17.1 Å². The molecule has 0 aromatic rings. The highest BCUT2D eigenvalue weighted by molar-refractivity contribution is 5.86. The number of hydrogen-bond acceptors (Lipinski definition) is 1. The zero-order valence-electron chi connectivity index (χ0n) is 8.66. The van der Waals surface area contributed by atoms with Gasteiger partial charge in [0.25, 0.3) is 0 Å². The lowest BCUT2D eigenvalue weighted by atomic mass is 9.91. The van der Waals surface area contributed by atoms with E-state index in [1.54, 1.807) is 13.8 Å². The second-order valence-electron chi connectivity index (χ2n) is 3.92. The molecule has 0 saturated carbocycles. The van der Waals surface area contributed by atoms with Crippen molar-refractivity contribution in [2.75, 3.05) is 0 Å². The van der Waals surface area contributed by atoms with Crippen molar-refractivity contribution >= 4 is 5.78 Å². The summed E-state index contributed by atoms with van der Waals surface area (Å²) < 4.78 is 60.2. The molecule has 0 radical (unpaired) electrons. The van der Waals surface area contributed by atoms with Crippen LogP contribution in [0.15, 0.2) is 0 Å². The van der Waals surface area contributed by atoms with E-state index in [1.807, 2.05) is 0 Å². The van der Waals surface area contributed by atoms with Crippen molar-refractivity contribution in [3.8, 4) is 0 Å². The number of carbonyl (C=O) groups is 1. The van der Waals surface area contributed by atoms with Crippen LogP contribution in [0.5, 0.6) is 0 Å². The summed E-state index contributed by atoms with van der Waals surface area (Å²) in [5.41, 5.74) is 0. The molecule has 0 bridgehead atoms. The summed E-state index contributed by atoms with van der Waals surface area (Å²) in [6.45, 7) is 4.78. The maximum Gasteiger partial charge on any atom is 0.461 e. The predicted molar refractivity (Wildman–Crippen MR) is 44.6 cm³/mol. The maximum atomic E-state index is 12.5. The van der Waals surface area contributed by atoms with Gasteiger partial charge in [-0.05, 0) is 11.8 Å². The number of alkyl halides is 5. The van der Waals surface area contributed by atoms with Crippen molar-refractivity contribution in [2.45, 2.75) is 39.3 Å². The third-order valence-electron chi connectivity index (χ3n) is 2.35. The molecule has 0 aliphatic heterocycles. The molecule has 0 N–H and O–H groups in total. The summed E-state index contributed by atoms with van der Waals surface area (Å²) in [5, 5.41) is 0. The highest BCUT2D eigenvalue weighted by atomic mass is 19.4. The number of ketones is 1. The van der Waals surface area contributed by atoms with E-state index in [1.165, 1.54) is 6.92 Å².